The van der Waals surface area contributed by atoms with E-state index >= 15 is 0 Å². The monoisotopic (exact) mass is 388 g/mol. The van der Waals surface area contributed by atoms with Gasteiger partial charge in [-0.2, -0.15) is 0 Å². The number of hydrogen-bond acceptors (Lipinski definition) is 3. The molecule has 0 bridgehead atoms. The van der Waals surface area contributed by atoms with Crippen molar-refractivity contribution in [1.82, 2.24) is 10.6 Å². The standard InChI is InChI=1S/C21H29ClN4O/c1-3-23-21(25-13-12-17-4-8-19(22)9-5-17)26-16-18-6-10-20(11-7-18)24-14-15-27-2/h4-11,24H,3,12-16H2,1-2H3,(H2,23,25,26). The lowest BCUT2D eigenvalue weighted by atomic mass is 10.1. The van der Waals surface area contributed by atoms with Crippen LogP contribution in [0.4, 0.5) is 5.69 Å². The Morgan fingerprint density at radius 3 is 2.33 bits per heavy atom. The van der Waals surface area contributed by atoms with E-state index < -0.39 is 0 Å². The Labute approximate surface area is 167 Å². The van der Waals surface area contributed by atoms with Crippen molar-refractivity contribution in [2.75, 3.05) is 38.7 Å². The third-order valence-corrected chi connectivity index (χ3v) is 4.22. The summed E-state index contributed by atoms with van der Waals surface area (Å²) in [4.78, 5) is 4.67. The highest BCUT2D eigenvalue weighted by molar-refractivity contribution is 6.30. The smallest absolute Gasteiger partial charge is 0.191 e. The third kappa shape index (κ3) is 8.33. The van der Waals surface area contributed by atoms with E-state index in [9.17, 15) is 0 Å². The van der Waals surface area contributed by atoms with E-state index in [1.54, 1.807) is 7.11 Å². The molecule has 6 heteroatoms. The van der Waals surface area contributed by atoms with E-state index in [2.05, 4.69) is 64.3 Å². The molecule has 2 rings (SSSR count). The number of anilines is 1. The van der Waals surface area contributed by atoms with Gasteiger partial charge >= 0.3 is 0 Å². The first-order valence-electron chi connectivity index (χ1n) is 9.29. The number of rotatable bonds is 10. The van der Waals surface area contributed by atoms with Gasteiger partial charge in [0.05, 0.1) is 13.2 Å². The summed E-state index contributed by atoms with van der Waals surface area (Å²) >= 11 is 5.92. The Morgan fingerprint density at radius 2 is 1.67 bits per heavy atom. The average molecular weight is 389 g/mol. The molecule has 146 valence electrons. The van der Waals surface area contributed by atoms with Crippen molar-refractivity contribution >= 4 is 23.2 Å². The van der Waals surface area contributed by atoms with Crippen molar-refractivity contribution in [2.24, 2.45) is 4.99 Å². The summed E-state index contributed by atoms with van der Waals surface area (Å²) in [6.45, 7) is 5.84. The van der Waals surface area contributed by atoms with Gasteiger partial charge in [-0.3, -0.25) is 0 Å². The van der Waals surface area contributed by atoms with Crippen LogP contribution in [-0.2, 0) is 17.7 Å². The minimum atomic E-state index is 0.634. The number of hydrogen-bond donors (Lipinski definition) is 3. The van der Waals surface area contributed by atoms with Gasteiger partial charge in [-0.15, -0.1) is 0 Å². The second kappa shape index (κ2) is 12.2. The molecule has 0 atom stereocenters. The molecule has 2 aromatic carbocycles. The number of methoxy groups -OCH3 is 1. The van der Waals surface area contributed by atoms with Crippen LogP contribution < -0.4 is 16.0 Å². The van der Waals surface area contributed by atoms with Gasteiger partial charge in [0.2, 0.25) is 0 Å². The molecule has 3 N–H and O–H groups in total. The van der Waals surface area contributed by atoms with E-state index in [0.29, 0.717) is 13.2 Å². The molecule has 0 saturated heterocycles. The van der Waals surface area contributed by atoms with Crippen LogP contribution in [0.15, 0.2) is 53.5 Å². The fourth-order valence-electron chi connectivity index (χ4n) is 2.51. The van der Waals surface area contributed by atoms with Gasteiger partial charge in [0.1, 0.15) is 0 Å². The highest BCUT2D eigenvalue weighted by atomic mass is 35.5. The Hall–Kier alpha value is -2.24. The molecule has 5 nitrogen and oxygen atoms in total. The largest absolute Gasteiger partial charge is 0.383 e. The average Bonchev–Trinajstić information content (AvgIpc) is 2.69. The van der Waals surface area contributed by atoms with Gasteiger partial charge in [0.25, 0.3) is 0 Å². The maximum atomic E-state index is 5.92. The predicted molar refractivity (Wildman–Crippen MR) is 115 cm³/mol. The summed E-state index contributed by atoms with van der Waals surface area (Å²) in [5.74, 6) is 0.828. The zero-order chi connectivity index (χ0) is 19.3. The predicted octanol–water partition coefficient (Wildman–Crippen LogP) is 3.70. The van der Waals surface area contributed by atoms with Crippen molar-refractivity contribution in [3.63, 3.8) is 0 Å². The van der Waals surface area contributed by atoms with Gasteiger partial charge in [-0.05, 0) is 48.7 Å². The molecule has 0 aromatic heterocycles. The van der Waals surface area contributed by atoms with Gasteiger partial charge in [-0.25, -0.2) is 4.99 Å². The zero-order valence-electron chi connectivity index (χ0n) is 16.1. The summed E-state index contributed by atoms with van der Waals surface area (Å²) in [6.07, 6.45) is 0.920. The van der Waals surface area contributed by atoms with Crippen LogP contribution in [-0.4, -0.2) is 39.3 Å². The van der Waals surface area contributed by atoms with Crippen LogP contribution in [0.2, 0.25) is 5.02 Å². The molecule has 0 aliphatic heterocycles. The van der Waals surface area contributed by atoms with Crippen molar-refractivity contribution in [1.29, 1.82) is 0 Å². The fraction of sp³-hybridized carbons (Fsp3) is 0.381. The first kappa shape index (κ1) is 21.1. The fourth-order valence-corrected chi connectivity index (χ4v) is 2.64. The maximum Gasteiger partial charge on any atom is 0.191 e. The molecule has 0 unspecified atom stereocenters. The lowest BCUT2D eigenvalue weighted by Crippen LogP contribution is -2.38. The van der Waals surface area contributed by atoms with Crippen molar-refractivity contribution in [2.45, 2.75) is 19.9 Å². The highest BCUT2D eigenvalue weighted by Crippen LogP contribution is 2.11. The number of benzene rings is 2. The van der Waals surface area contributed by atoms with E-state index in [1.807, 2.05) is 12.1 Å². The molecule has 0 saturated carbocycles. The Morgan fingerprint density at radius 1 is 0.963 bits per heavy atom. The van der Waals surface area contributed by atoms with E-state index in [1.165, 1.54) is 11.1 Å². The highest BCUT2D eigenvalue weighted by Gasteiger charge is 1.99. The summed E-state index contributed by atoms with van der Waals surface area (Å²) < 4.78 is 5.04. The summed E-state index contributed by atoms with van der Waals surface area (Å²) in [5, 5.41) is 10.7. The minimum Gasteiger partial charge on any atom is -0.383 e. The van der Waals surface area contributed by atoms with Gasteiger partial charge < -0.3 is 20.7 Å². The van der Waals surface area contributed by atoms with Gasteiger partial charge in [-0.1, -0.05) is 35.9 Å². The zero-order valence-corrected chi connectivity index (χ0v) is 16.9. The summed E-state index contributed by atoms with van der Waals surface area (Å²) in [7, 11) is 1.70. The van der Waals surface area contributed by atoms with E-state index in [-0.39, 0.29) is 0 Å². The number of nitrogens with zero attached hydrogens (tertiary/aromatic N) is 1. The molecule has 27 heavy (non-hydrogen) atoms. The normalized spacial score (nSPS) is 11.3. The molecule has 0 spiro atoms. The van der Waals surface area contributed by atoms with Crippen LogP contribution in [0.25, 0.3) is 0 Å². The molecule has 0 amide bonds. The second-order valence-corrected chi connectivity index (χ2v) is 6.55. The lowest BCUT2D eigenvalue weighted by Gasteiger charge is -2.11. The molecule has 0 aliphatic rings. The molecule has 0 aliphatic carbocycles. The molecule has 2 aromatic rings. The van der Waals surface area contributed by atoms with Crippen LogP contribution in [0.3, 0.4) is 0 Å². The first-order valence-corrected chi connectivity index (χ1v) is 9.67. The van der Waals surface area contributed by atoms with E-state index in [4.69, 9.17) is 16.3 Å². The Bertz CT molecular complexity index is 686. The quantitative estimate of drug-likeness (QED) is 0.330. The molecular weight excluding hydrogens is 360 g/mol. The topological polar surface area (TPSA) is 57.7 Å². The number of halogens is 1. The molecule has 0 heterocycles. The molecular formula is C21H29ClN4O. The van der Waals surface area contributed by atoms with Crippen LogP contribution in [0.1, 0.15) is 18.1 Å². The number of guanidine groups is 1. The van der Waals surface area contributed by atoms with Crippen molar-refractivity contribution in [3.8, 4) is 0 Å². The van der Waals surface area contributed by atoms with E-state index in [0.717, 1.165) is 42.7 Å². The SMILES string of the molecule is CCNC(=NCc1ccc(NCCOC)cc1)NCCc1ccc(Cl)cc1. The number of ether oxygens (including phenoxy) is 1. The Balaban J connectivity index is 1.82. The number of aliphatic imine (C=N–C) groups is 1. The van der Waals surface area contributed by atoms with Gasteiger partial charge in [0.15, 0.2) is 5.96 Å². The second-order valence-electron chi connectivity index (χ2n) is 6.11. The van der Waals surface area contributed by atoms with Crippen LogP contribution in [0, 0.1) is 0 Å². The first-order chi connectivity index (χ1) is 13.2. The molecule has 0 radical (unpaired) electrons. The maximum absolute atomic E-state index is 5.92. The van der Waals surface area contributed by atoms with Crippen LogP contribution >= 0.6 is 11.6 Å². The minimum absolute atomic E-state index is 0.634. The Kier molecular flexibility index (Phi) is 9.52. The number of nitrogens with one attached hydrogen (secondary N) is 3. The van der Waals surface area contributed by atoms with Crippen molar-refractivity contribution in [3.05, 3.63) is 64.7 Å². The van der Waals surface area contributed by atoms with Crippen molar-refractivity contribution < 1.29 is 4.74 Å². The lowest BCUT2D eigenvalue weighted by molar-refractivity contribution is 0.211. The van der Waals surface area contributed by atoms with Gasteiger partial charge in [0, 0.05) is 37.5 Å². The summed E-state index contributed by atoms with van der Waals surface area (Å²) in [6, 6.07) is 16.3. The third-order valence-electron chi connectivity index (χ3n) is 3.97. The molecule has 0 fully saturated rings. The summed E-state index contributed by atoms with van der Waals surface area (Å²) in [5.41, 5.74) is 3.51. The van der Waals surface area contributed by atoms with Crippen LogP contribution in [0.5, 0.6) is 0 Å².